The van der Waals surface area contributed by atoms with E-state index in [-0.39, 0.29) is 13.0 Å². The molecule has 0 aromatic carbocycles. The monoisotopic (exact) mass is 784 g/mol. The molecule has 21 nitrogen and oxygen atoms in total. The molecule has 15 atom stereocenters. The van der Waals surface area contributed by atoms with Gasteiger partial charge in [-0.3, -0.25) is 0 Å². The van der Waals surface area contributed by atoms with E-state index in [0.717, 1.165) is 0 Å². The minimum absolute atomic E-state index is 0.307. The van der Waals surface area contributed by atoms with Crippen LogP contribution in [0.15, 0.2) is 0 Å². The molecule has 54 heavy (non-hydrogen) atoms. The largest absolute Gasteiger partial charge is 0.444 e. The van der Waals surface area contributed by atoms with Gasteiger partial charge in [0.1, 0.15) is 77.8 Å². The normalized spacial score (nSPS) is 37.8. The van der Waals surface area contributed by atoms with Crippen LogP contribution in [-0.2, 0) is 33.2 Å². The van der Waals surface area contributed by atoms with Crippen molar-refractivity contribution in [2.75, 3.05) is 13.2 Å². The number of aliphatic hydroxyl groups is 7. The Hall–Kier alpha value is -2.67. The van der Waals surface area contributed by atoms with Crippen molar-refractivity contribution in [3.05, 3.63) is 0 Å². The first kappa shape index (κ1) is 45.7. The molecule has 0 spiro atoms. The van der Waals surface area contributed by atoms with Gasteiger partial charge in [-0.05, 0) is 68.7 Å². The summed E-state index contributed by atoms with van der Waals surface area (Å²) in [5, 5.41) is 83.5. The van der Waals surface area contributed by atoms with E-state index < -0.39 is 133 Å². The summed E-state index contributed by atoms with van der Waals surface area (Å²) >= 11 is 0. The van der Waals surface area contributed by atoms with Gasteiger partial charge in [-0.1, -0.05) is 0 Å². The summed E-state index contributed by atoms with van der Waals surface area (Å²) < 4.78 is 39.5. The van der Waals surface area contributed by atoms with Crippen molar-refractivity contribution in [3.8, 4) is 0 Å². The number of ether oxygens (including phenoxy) is 7. The summed E-state index contributed by atoms with van der Waals surface area (Å²) in [5.74, 6) is 0. The van der Waals surface area contributed by atoms with Gasteiger partial charge >= 0.3 is 18.3 Å². The van der Waals surface area contributed by atoms with E-state index in [1.54, 1.807) is 62.3 Å². The van der Waals surface area contributed by atoms with Gasteiger partial charge in [0.05, 0.1) is 24.7 Å². The topological polar surface area (TPSA) is 320 Å². The van der Waals surface area contributed by atoms with Gasteiger partial charge in [0.25, 0.3) is 0 Å². The second kappa shape index (κ2) is 18.1. The number of aliphatic hydroxyl groups excluding tert-OH is 7. The molecule has 314 valence electrons. The molecule has 2 saturated heterocycles. The van der Waals surface area contributed by atoms with Crippen LogP contribution in [0.1, 0.15) is 68.7 Å². The summed E-state index contributed by atoms with van der Waals surface area (Å²) in [5.41, 5.74) is 2.77. The van der Waals surface area contributed by atoms with Crippen molar-refractivity contribution in [1.82, 2.24) is 16.0 Å². The number of amides is 3. The number of nitrogens with one attached hydrogen (secondary N) is 3. The highest BCUT2D eigenvalue weighted by atomic mass is 16.7. The van der Waals surface area contributed by atoms with Gasteiger partial charge in [-0.25, -0.2) is 14.4 Å². The quantitative estimate of drug-likeness (QED) is 0.107. The molecule has 7 unspecified atom stereocenters. The molecule has 1 aliphatic carbocycles. The maximum atomic E-state index is 13.1. The molecular formula is C33H60N4O17. The molecule has 12 N–H and O–H groups in total. The number of rotatable bonds is 9. The standard InChI is InChI=1S/C33H60N4O17/c1-31(2,3)52-28(45)35-13-10-14(36-29(46)53-32(4,5)6)25(51-27-22(43)21(42)19(40)15(11-34)48-27)23(44)24(13)50-26-20(41)17(18(39)16(12-38)49-26)37-30(47)54-33(7,8)9/h13-27,38-44H,10-12,34H2,1-9H3,(H,35,45)(H,36,46)(H,37,47)/t13-,14?,15?,16?,17?,18-,19+,20?,21-,22?,23+,24?,25+,26-,27+/m0/s1. The summed E-state index contributed by atoms with van der Waals surface area (Å²) in [7, 11) is 0. The molecule has 0 aromatic rings. The number of nitrogens with two attached hydrogens (primary N) is 1. The molecule has 0 radical (unpaired) electrons. The van der Waals surface area contributed by atoms with Crippen molar-refractivity contribution >= 4 is 18.3 Å². The Morgan fingerprint density at radius 1 is 0.593 bits per heavy atom. The fourth-order valence-electron chi connectivity index (χ4n) is 6.10. The molecule has 0 bridgehead atoms. The Morgan fingerprint density at radius 2 is 1.00 bits per heavy atom. The lowest BCUT2D eigenvalue weighted by Gasteiger charge is -2.49. The first-order valence-electron chi connectivity index (χ1n) is 17.7. The molecule has 0 aromatic heterocycles. The molecule has 1 saturated carbocycles. The van der Waals surface area contributed by atoms with E-state index >= 15 is 0 Å². The third-order valence-corrected chi connectivity index (χ3v) is 8.43. The zero-order valence-electron chi connectivity index (χ0n) is 32.1. The third-order valence-electron chi connectivity index (χ3n) is 8.43. The van der Waals surface area contributed by atoms with Crippen molar-refractivity contribution < 1.29 is 83.3 Å². The average molecular weight is 785 g/mol. The molecule has 3 rings (SSSR count). The van der Waals surface area contributed by atoms with E-state index in [1.165, 1.54) is 0 Å². The van der Waals surface area contributed by atoms with Crippen LogP contribution in [0.5, 0.6) is 0 Å². The first-order valence-corrected chi connectivity index (χ1v) is 17.7. The zero-order valence-corrected chi connectivity index (χ0v) is 32.1. The van der Waals surface area contributed by atoms with Gasteiger partial charge in [0.15, 0.2) is 12.6 Å². The van der Waals surface area contributed by atoms with E-state index in [9.17, 15) is 50.1 Å². The lowest BCUT2D eigenvalue weighted by atomic mass is 9.83. The van der Waals surface area contributed by atoms with Crippen molar-refractivity contribution in [1.29, 1.82) is 0 Å². The minimum Gasteiger partial charge on any atom is -0.444 e. The minimum atomic E-state index is -1.93. The lowest BCUT2D eigenvalue weighted by molar-refractivity contribution is -0.333. The maximum absolute atomic E-state index is 13.1. The molecular weight excluding hydrogens is 724 g/mol. The van der Waals surface area contributed by atoms with Crippen molar-refractivity contribution in [2.24, 2.45) is 5.73 Å². The smallest absolute Gasteiger partial charge is 0.408 e. The first-order chi connectivity index (χ1) is 24.7. The zero-order chi connectivity index (χ0) is 41.1. The van der Waals surface area contributed by atoms with Crippen LogP contribution in [0.2, 0.25) is 0 Å². The van der Waals surface area contributed by atoms with Gasteiger partial charge in [-0.2, -0.15) is 0 Å². The van der Waals surface area contributed by atoms with E-state index in [0.29, 0.717) is 0 Å². The van der Waals surface area contributed by atoms with E-state index in [1.807, 2.05) is 0 Å². The number of hydrogen-bond donors (Lipinski definition) is 11. The number of hydrogen-bond acceptors (Lipinski definition) is 18. The highest BCUT2D eigenvalue weighted by Gasteiger charge is 2.54. The van der Waals surface area contributed by atoms with Crippen LogP contribution >= 0.6 is 0 Å². The Morgan fingerprint density at radius 3 is 1.41 bits per heavy atom. The Balaban J connectivity index is 2.04. The van der Waals surface area contributed by atoms with Gasteiger partial charge in [0.2, 0.25) is 0 Å². The maximum Gasteiger partial charge on any atom is 0.408 e. The molecule has 21 heteroatoms. The number of alkyl carbamates (subject to hydrolysis) is 3. The van der Waals surface area contributed by atoms with Crippen molar-refractivity contribution in [3.63, 3.8) is 0 Å². The van der Waals surface area contributed by atoms with Crippen molar-refractivity contribution in [2.45, 2.75) is 177 Å². The summed E-state index contributed by atoms with van der Waals surface area (Å²) in [6, 6.07) is -4.10. The average Bonchev–Trinajstić information content (AvgIpc) is 3.01. The number of carbonyl (C=O) groups is 3. The SMILES string of the molecule is CC(C)(C)OC(=O)NC1C(O)[C@H](OC2[C@@H](NC(=O)OC(C)(C)C)CC(NC(=O)OC(C)(C)C)[C@@H](O[C@H]3OC(CN)[C@@H](O)[C@H](O)C3O)[C@@H]2O)OC(CO)[C@@H]1O. The molecule has 3 amide bonds. The predicted molar refractivity (Wildman–Crippen MR) is 183 cm³/mol. The second-order valence-electron chi connectivity index (χ2n) is 16.6. The van der Waals surface area contributed by atoms with Crippen LogP contribution < -0.4 is 21.7 Å². The van der Waals surface area contributed by atoms with E-state index in [4.69, 9.17) is 38.9 Å². The fraction of sp³-hybridized carbons (Fsp3) is 0.909. The van der Waals surface area contributed by atoms with E-state index in [2.05, 4.69) is 16.0 Å². The molecule has 2 heterocycles. The molecule has 2 aliphatic heterocycles. The van der Waals surface area contributed by atoms with Crippen LogP contribution in [0.25, 0.3) is 0 Å². The highest BCUT2D eigenvalue weighted by molar-refractivity contribution is 5.69. The Bertz CT molecular complexity index is 1260. The molecule has 3 fully saturated rings. The summed E-state index contributed by atoms with van der Waals surface area (Å²) in [4.78, 5) is 38.9. The fourth-order valence-corrected chi connectivity index (χ4v) is 6.10. The van der Waals surface area contributed by atoms with Gasteiger partial charge < -0.3 is 90.6 Å². The van der Waals surface area contributed by atoms with Crippen LogP contribution in [0, 0.1) is 0 Å². The number of carbonyl (C=O) groups excluding carboxylic acids is 3. The van der Waals surface area contributed by atoms with Gasteiger partial charge in [-0.15, -0.1) is 0 Å². The van der Waals surface area contributed by atoms with Crippen LogP contribution in [-0.4, -0.2) is 176 Å². The summed E-state index contributed by atoms with van der Waals surface area (Å²) in [6.45, 7) is 13.3. The predicted octanol–water partition coefficient (Wildman–Crippen LogP) is -2.59. The second-order valence-corrected chi connectivity index (χ2v) is 16.6. The summed E-state index contributed by atoms with van der Waals surface area (Å²) in [6.07, 6.45) is -23.5. The Labute approximate surface area is 313 Å². The Kier molecular flexibility index (Phi) is 15.3. The van der Waals surface area contributed by atoms with Crippen LogP contribution in [0.3, 0.4) is 0 Å². The van der Waals surface area contributed by atoms with Crippen LogP contribution in [0.4, 0.5) is 14.4 Å². The third kappa shape index (κ3) is 12.4. The van der Waals surface area contributed by atoms with Gasteiger partial charge in [0, 0.05) is 6.54 Å². The highest BCUT2D eigenvalue weighted by Crippen LogP contribution is 2.33. The lowest BCUT2D eigenvalue weighted by Crippen LogP contribution is -2.70. The molecule has 3 aliphatic rings.